The van der Waals surface area contributed by atoms with Crippen LogP contribution in [0.4, 0.5) is 0 Å². The van der Waals surface area contributed by atoms with E-state index in [1.165, 1.54) is 11.1 Å². The van der Waals surface area contributed by atoms with Gasteiger partial charge in [0.15, 0.2) is 5.11 Å². The van der Waals surface area contributed by atoms with Crippen molar-refractivity contribution in [1.29, 1.82) is 0 Å². The van der Waals surface area contributed by atoms with E-state index in [2.05, 4.69) is 23.6 Å². The lowest BCUT2D eigenvalue weighted by atomic mass is 10.1. The molecule has 0 amide bonds. The van der Waals surface area contributed by atoms with Gasteiger partial charge in [-0.15, -0.1) is 0 Å². The summed E-state index contributed by atoms with van der Waals surface area (Å²) in [6.07, 6.45) is 4.07. The monoisotopic (exact) mass is 189 g/mol. The number of thiocarbonyl (C=S) groups is 1. The molecule has 2 rings (SSSR count). The van der Waals surface area contributed by atoms with Crippen LogP contribution in [-0.2, 0) is 0 Å². The molecule has 0 saturated heterocycles. The van der Waals surface area contributed by atoms with Crippen molar-refractivity contribution < 1.29 is 0 Å². The predicted octanol–water partition coefficient (Wildman–Crippen LogP) is 1.91. The highest BCUT2D eigenvalue weighted by Crippen LogP contribution is 2.27. The normalized spacial score (nSPS) is 18.3. The van der Waals surface area contributed by atoms with E-state index in [1.54, 1.807) is 0 Å². The molecule has 13 heavy (non-hydrogen) atoms. The maximum atomic E-state index is 7.17. The molecule has 1 aromatic rings. The van der Waals surface area contributed by atoms with Crippen molar-refractivity contribution in [3.63, 3.8) is 0 Å². The molecule has 0 heterocycles. The Hall–Kier alpha value is -1.35. The Labute approximate surface area is 82.4 Å². The van der Waals surface area contributed by atoms with Gasteiger partial charge in [-0.3, -0.25) is 5.73 Å². The quantitative estimate of drug-likeness (QED) is 0.685. The van der Waals surface area contributed by atoms with Crippen molar-refractivity contribution in [3.05, 3.63) is 41.5 Å². The number of hydrogen-bond acceptors (Lipinski definition) is 1. The van der Waals surface area contributed by atoms with Gasteiger partial charge < -0.3 is 5.32 Å². The second kappa shape index (κ2) is 3.18. The Morgan fingerprint density at radius 3 is 2.92 bits per heavy atom. The molecular formula is C10H9N2S. The maximum Gasteiger partial charge on any atom is 0.185 e. The van der Waals surface area contributed by atoms with Crippen LogP contribution < -0.4 is 11.1 Å². The minimum atomic E-state index is 0.0844. The van der Waals surface area contributed by atoms with Crippen LogP contribution in [0.1, 0.15) is 17.2 Å². The molecule has 1 aliphatic carbocycles. The summed E-state index contributed by atoms with van der Waals surface area (Å²) in [5, 5.41) is 3.00. The summed E-state index contributed by atoms with van der Waals surface area (Å²) in [4.78, 5) is 0. The first kappa shape index (κ1) is 8.26. The fourth-order valence-corrected chi connectivity index (χ4v) is 1.64. The third-order valence-electron chi connectivity index (χ3n) is 2.09. The Kier molecular flexibility index (Phi) is 2.02. The number of hydrogen-bond donors (Lipinski definition) is 1. The molecule has 0 bridgehead atoms. The SMILES string of the molecule is [NH]C(=S)NC1C=Cc2ccccc21. The second-order valence-electron chi connectivity index (χ2n) is 2.94. The molecule has 0 spiro atoms. The van der Waals surface area contributed by atoms with E-state index in [-0.39, 0.29) is 11.2 Å². The lowest BCUT2D eigenvalue weighted by Gasteiger charge is -2.11. The molecular weight excluding hydrogens is 180 g/mol. The summed E-state index contributed by atoms with van der Waals surface area (Å²) in [5.74, 6) is 0. The topological polar surface area (TPSA) is 35.8 Å². The molecule has 1 atom stereocenters. The zero-order valence-electron chi connectivity index (χ0n) is 6.95. The largest absolute Gasteiger partial charge is 0.351 e. The molecule has 1 radical (unpaired) electrons. The van der Waals surface area contributed by atoms with Crippen molar-refractivity contribution in [2.24, 2.45) is 0 Å². The molecule has 0 aliphatic heterocycles. The van der Waals surface area contributed by atoms with Crippen LogP contribution in [-0.4, -0.2) is 5.11 Å². The summed E-state index contributed by atoms with van der Waals surface area (Å²) >= 11 is 4.68. The fraction of sp³-hybridized carbons (Fsp3) is 0.100. The molecule has 65 valence electrons. The van der Waals surface area contributed by atoms with Crippen molar-refractivity contribution in [2.45, 2.75) is 6.04 Å². The summed E-state index contributed by atoms with van der Waals surface area (Å²) < 4.78 is 0. The highest BCUT2D eigenvalue weighted by atomic mass is 32.1. The van der Waals surface area contributed by atoms with Crippen LogP contribution in [0.2, 0.25) is 0 Å². The lowest BCUT2D eigenvalue weighted by Crippen LogP contribution is -2.25. The molecule has 0 fully saturated rings. The molecule has 2 N–H and O–H groups in total. The van der Waals surface area contributed by atoms with Gasteiger partial charge in [-0.1, -0.05) is 36.4 Å². The van der Waals surface area contributed by atoms with E-state index in [4.69, 9.17) is 5.73 Å². The second-order valence-corrected chi connectivity index (χ2v) is 3.35. The number of fused-ring (bicyclic) bond motifs is 1. The van der Waals surface area contributed by atoms with Gasteiger partial charge in [-0.25, -0.2) is 0 Å². The van der Waals surface area contributed by atoms with Gasteiger partial charge in [-0.2, -0.15) is 0 Å². The van der Waals surface area contributed by atoms with Crippen molar-refractivity contribution in [2.75, 3.05) is 0 Å². The molecule has 0 saturated carbocycles. The van der Waals surface area contributed by atoms with Crippen molar-refractivity contribution >= 4 is 23.4 Å². The van der Waals surface area contributed by atoms with Gasteiger partial charge in [0.2, 0.25) is 0 Å². The summed E-state index contributed by atoms with van der Waals surface area (Å²) in [7, 11) is 0. The minimum absolute atomic E-state index is 0.0844. The van der Waals surface area contributed by atoms with E-state index in [1.807, 2.05) is 30.4 Å². The zero-order valence-corrected chi connectivity index (χ0v) is 7.77. The van der Waals surface area contributed by atoms with Gasteiger partial charge >= 0.3 is 0 Å². The van der Waals surface area contributed by atoms with Gasteiger partial charge in [0, 0.05) is 0 Å². The van der Waals surface area contributed by atoms with Gasteiger partial charge in [0.1, 0.15) is 0 Å². The average Bonchev–Trinajstić information content (AvgIpc) is 2.48. The van der Waals surface area contributed by atoms with Crippen LogP contribution in [0.5, 0.6) is 0 Å². The summed E-state index contributed by atoms with van der Waals surface area (Å²) in [6, 6.07) is 8.19. The first-order valence-corrected chi connectivity index (χ1v) is 4.47. The van der Waals surface area contributed by atoms with Gasteiger partial charge in [0.25, 0.3) is 0 Å². The van der Waals surface area contributed by atoms with Gasteiger partial charge in [-0.05, 0) is 23.3 Å². The van der Waals surface area contributed by atoms with Crippen molar-refractivity contribution in [1.82, 2.24) is 11.1 Å². The van der Waals surface area contributed by atoms with Crippen LogP contribution >= 0.6 is 12.2 Å². The summed E-state index contributed by atoms with van der Waals surface area (Å²) in [6.45, 7) is 0. The first-order chi connectivity index (χ1) is 6.27. The fourth-order valence-electron chi connectivity index (χ4n) is 1.52. The third kappa shape index (κ3) is 1.55. The number of nitrogens with one attached hydrogen (secondary N) is 2. The molecule has 0 aromatic heterocycles. The van der Waals surface area contributed by atoms with Crippen LogP contribution in [0.25, 0.3) is 6.08 Å². The smallest absolute Gasteiger partial charge is 0.185 e. The van der Waals surface area contributed by atoms with E-state index in [9.17, 15) is 0 Å². The Balaban J connectivity index is 2.28. The average molecular weight is 189 g/mol. The summed E-state index contributed by atoms with van der Waals surface area (Å²) in [5.41, 5.74) is 9.57. The first-order valence-electron chi connectivity index (χ1n) is 4.06. The van der Waals surface area contributed by atoms with Crippen LogP contribution in [0.3, 0.4) is 0 Å². The molecule has 1 aliphatic rings. The van der Waals surface area contributed by atoms with E-state index in [0.717, 1.165) is 0 Å². The third-order valence-corrected chi connectivity index (χ3v) is 2.20. The van der Waals surface area contributed by atoms with E-state index < -0.39 is 0 Å². The zero-order chi connectivity index (χ0) is 9.26. The van der Waals surface area contributed by atoms with E-state index >= 15 is 0 Å². The molecule has 2 nitrogen and oxygen atoms in total. The predicted molar refractivity (Wildman–Crippen MR) is 57.0 cm³/mol. The highest BCUT2D eigenvalue weighted by Gasteiger charge is 2.15. The Morgan fingerprint density at radius 2 is 2.15 bits per heavy atom. The highest BCUT2D eigenvalue weighted by molar-refractivity contribution is 7.80. The maximum absolute atomic E-state index is 7.17. The van der Waals surface area contributed by atoms with Crippen molar-refractivity contribution in [3.8, 4) is 0 Å². The Morgan fingerprint density at radius 1 is 1.38 bits per heavy atom. The molecule has 3 heteroatoms. The number of benzene rings is 1. The van der Waals surface area contributed by atoms with Crippen LogP contribution in [0, 0.1) is 0 Å². The van der Waals surface area contributed by atoms with Crippen LogP contribution in [0.15, 0.2) is 30.3 Å². The molecule has 1 aromatic carbocycles. The standard InChI is InChI=1S/C10H9N2S/c11-10(13)12-9-6-5-7-3-1-2-4-8(7)9/h1-6,9,11H,(H,12,13). The Bertz CT molecular complexity index is 371. The minimum Gasteiger partial charge on any atom is -0.351 e. The number of rotatable bonds is 1. The lowest BCUT2D eigenvalue weighted by molar-refractivity contribution is 0.806. The molecule has 1 unspecified atom stereocenters. The van der Waals surface area contributed by atoms with E-state index in [0.29, 0.717) is 0 Å². The van der Waals surface area contributed by atoms with Gasteiger partial charge in [0.05, 0.1) is 6.04 Å².